The Balaban J connectivity index is 1.57. The minimum Gasteiger partial charge on any atom is -0.383 e. The molecule has 0 spiro atoms. The van der Waals surface area contributed by atoms with Gasteiger partial charge in [0.25, 0.3) is 10.0 Å². The molecule has 1 aliphatic heterocycles. The molecule has 0 unspecified atom stereocenters. The van der Waals surface area contributed by atoms with Crippen LogP contribution in [0.2, 0.25) is 0 Å². The third-order valence-corrected chi connectivity index (χ3v) is 7.88. The predicted octanol–water partition coefficient (Wildman–Crippen LogP) is 2.24. The number of imidazole rings is 1. The molecule has 0 saturated carbocycles. The second kappa shape index (κ2) is 11.1. The van der Waals surface area contributed by atoms with E-state index >= 15 is 0 Å². The first-order valence-electron chi connectivity index (χ1n) is 11.1. The number of aryl methyl sites for hydroxylation is 3. The van der Waals surface area contributed by atoms with E-state index in [4.69, 9.17) is 4.74 Å². The summed E-state index contributed by atoms with van der Waals surface area (Å²) in [4.78, 5) is 19.3. The number of piperidine rings is 1. The molecule has 0 aliphatic carbocycles. The van der Waals surface area contributed by atoms with Crippen LogP contribution in [0, 0.1) is 12.8 Å². The molecule has 1 aromatic carbocycles. The smallest absolute Gasteiger partial charge is 0.262 e. The van der Waals surface area contributed by atoms with Crippen molar-refractivity contribution < 1.29 is 17.9 Å². The summed E-state index contributed by atoms with van der Waals surface area (Å²) in [6.07, 6.45) is 4.38. The Morgan fingerprint density at radius 2 is 1.88 bits per heavy atom. The number of amides is 1. The summed E-state index contributed by atoms with van der Waals surface area (Å²) in [5, 5.41) is 0.0740. The van der Waals surface area contributed by atoms with E-state index < -0.39 is 10.0 Å². The summed E-state index contributed by atoms with van der Waals surface area (Å²) in [6.45, 7) is 4.14. The van der Waals surface area contributed by atoms with E-state index in [1.54, 1.807) is 31.8 Å². The van der Waals surface area contributed by atoms with Crippen LogP contribution < -0.4 is 0 Å². The van der Waals surface area contributed by atoms with Crippen molar-refractivity contribution in [1.29, 1.82) is 0 Å². The molecule has 9 heteroatoms. The van der Waals surface area contributed by atoms with Crippen molar-refractivity contribution in [3.05, 3.63) is 47.9 Å². The van der Waals surface area contributed by atoms with Crippen molar-refractivity contribution >= 4 is 15.9 Å². The lowest BCUT2D eigenvalue weighted by Crippen LogP contribution is -2.45. The van der Waals surface area contributed by atoms with Gasteiger partial charge in [0.05, 0.1) is 6.61 Å². The van der Waals surface area contributed by atoms with Gasteiger partial charge in [-0.05, 0) is 38.2 Å². The van der Waals surface area contributed by atoms with Gasteiger partial charge in [0.1, 0.15) is 5.82 Å². The molecule has 1 saturated heterocycles. The maximum absolute atomic E-state index is 13.2. The zero-order valence-corrected chi connectivity index (χ0v) is 20.1. The number of aromatic nitrogens is 2. The van der Waals surface area contributed by atoms with Crippen molar-refractivity contribution in [2.75, 3.05) is 39.9 Å². The molecule has 0 atom stereocenters. The Kier molecular flexibility index (Phi) is 8.44. The molecular formula is C23H34N4O4S. The van der Waals surface area contributed by atoms with Crippen LogP contribution >= 0.6 is 0 Å². The van der Waals surface area contributed by atoms with E-state index in [1.165, 1.54) is 9.87 Å². The molecule has 3 rings (SSSR count). The van der Waals surface area contributed by atoms with E-state index in [2.05, 4.69) is 17.1 Å². The highest BCUT2D eigenvalue weighted by Crippen LogP contribution is 2.25. The molecule has 176 valence electrons. The minimum atomic E-state index is -3.64. The molecule has 0 N–H and O–H groups in total. The van der Waals surface area contributed by atoms with Gasteiger partial charge < -0.3 is 14.2 Å². The SMILES string of the molecule is COCCN(CCCc1ccccc1)C(=O)C1CCN(S(=O)(=O)c2cn(C)c(C)n2)CC1. The van der Waals surface area contributed by atoms with Gasteiger partial charge in [-0.25, -0.2) is 13.4 Å². The van der Waals surface area contributed by atoms with Gasteiger partial charge in [-0.1, -0.05) is 30.3 Å². The summed E-state index contributed by atoms with van der Waals surface area (Å²) in [5.74, 6) is 0.583. The van der Waals surface area contributed by atoms with Gasteiger partial charge in [0.15, 0.2) is 5.03 Å². The van der Waals surface area contributed by atoms with Crippen LogP contribution in [0.15, 0.2) is 41.6 Å². The van der Waals surface area contributed by atoms with Crippen molar-refractivity contribution in [2.45, 2.75) is 37.6 Å². The highest BCUT2D eigenvalue weighted by atomic mass is 32.2. The average molecular weight is 463 g/mol. The molecule has 32 heavy (non-hydrogen) atoms. The summed E-state index contributed by atoms with van der Waals surface area (Å²) in [5.41, 5.74) is 1.26. The molecule has 0 radical (unpaired) electrons. The second-order valence-corrected chi connectivity index (χ2v) is 10.2. The van der Waals surface area contributed by atoms with Gasteiger partial charge in [0.2, 0.25) is 5.91 Å². The van der Waals surface area contributed by atoms with Crippen LogP contribution in [-0.4, -0.2) is 73.0 Å². The Morgan fingerprint density at radius 3 is 2.47 bits per heavy atom. The molecule has 1 fully saturated rings. The highest BCUT2D eigenvalue weighted by molar-refractivity contribution is 7.89. The largest absolute Gasteiger partial charge is 0.383 e. The number of rotatable bonds is 10. The molecule has 1 amide bonds. The van der Waals surface area contributed by atoms with Crippen molar-refractivity contribution in [2.24, 2.45) is 13.0 Å². The average Bonchev–Trinajstić information content (AvgIpc) is 3.15. The number of carbonyl (C=O) groups excluding carboxylic acids is 1. The standard InChI is InChI=1S/C23H34N4O4S/c1-19-24-22(18-25(19)2)32(29,30)27-14-11-21(12-15-27)23(28)26(16-17-31-3)13-7-10-20-8-5-4-6-9-20/h4-6,8-9,18,21H,7,10-17H2,1-3H3. The topological polar surface area (TPSA) is 84.7 Å². The number of benzene rings is 1. The maximum atomic E-state index is 13.2. The number of carbonyl (C=O) groups is 1. The first-order chi connectivity index (χ1) is 15.3. The fraction of sp³-hybridized carbons (Fsp3) is 0.565. The van der Waals surface area contributed by atoms with Crippen LogP contribution in [0.25, 0.3) is 0 Å². The molecular weight excluding hydrogens is 428 g/mol. The van der Waals surface area contributed by atoms with Gasteiger partial charge in [-0.15, -0.1) is 0 Å². The van der Waals surface area contributed by atoms with Crippen molar-refractivity contribution in [1.82, 2.24) is 18.8 Å². The van der Waals surface area contributed by atoms with Crippen molar-refractivity contribution in [3.63, 3.8) is 0 Å². The van der Waals surface area contributed by atoms with Crippen LogP contribution in [0.4, 0.5) is 0 Å². The van der Waals surface area contributed by atoms with Gasteiger partial charge in [-0.2, -0.15) is 4.31 Å². The molecule has 2 heterocycles. The zero-order chi connectivity index (χ0) is 23.1. The van der Waals surface area contributed by atoms with Gasteiger partial charge in [-0.3, -0.25) is 4.79 Å². The lowest BCUT2D eigenvalue weighted by Gasteiger charge is -2.33. The van der Waals surface area contributed by atoms with Crippen LogP contribution in [0.3, 0.4) is 0 Å². The first-order valence-corrected chi connectivity index (χ1v) is 12.6. The molecule has 8 nitrogen and oxygen atoms in total. The van der Waals surface area contributed by atoms with E-state index in [1.807, 2.05) is 23.1 Å². The van der Waals surface area contributed by atoms with Crippen LogP contribution in [-0.2, 0) is 33.0 Å². The molecule has 0 bridgehead atoms. The number of sulfonamides is 1. The number of methoxy groups -OCH3 is 1. The quantitative estimate of drug-likeness (QED) is 0.541. The fourth-order valence-corrected chi connectivity index (χ4v) is 5.53. The number of hydrogen-bond acceptors (Lipinski definition) is 5. The lowest BCUT2D eigenvalue weighted by molar-refractivity contribution is -0.137. The summed E-state index contributed by atoms with van der Waals surface area (Å²) >= 11 is 0. The number of hydrogen-bond donors (Lipinski definition) is 0. The number of nitrogens with zero attached hydrogens (tertiary/aromatic N) is 4. The monoisotopic (exact) mass is 462 g/mol. The molecule has 1 aromatic heterocycles. The minimum absolute atomic E-state index is 0.0740. The fourth-order valence-electron chi connectivity index (χ4n) is 4.04. The molecule has 2 aromatic rings. The predicted molar refractivity (Wildman–Crippen MR) is 123 cm³/mol. The van der Waals surface area contributed by atoms with E-state index in [9.17, 15) is 13.2 Å². The third-order valence-electron chi connectivity index (χ3n) is 6.11. The van der Waals surface area contributed by atoms with Crippen LogP contribution in [0.1, 0.15) is 30.7 Å². The number of ether oxygens (including phenoxy) is 1. The summed E-state index contributed by atoms with van der Waals surface area (Å²) in [6, 6.07) is 10.2. The Labute approximate surface area is 191 Å². The molecule has 1 aliphatic rings. The van der Waals surface area contributed by atoms with E-state index in [-0.39, 0.29) is 16.9 Å². The zero-order valence-electron chi connectivity index (χ0n) is 19.2. The van der Waals surface area contributed by atoms with Gasteiger partial charge >= 0.3 is 0 Å². The lowest BCUT2D eigenvalue weighted by atomic mass is 9.96. The normalized spacial score (nSPS) is 15.7. The summed E-state index contributed by atoms with van der Waals surface area (Å²) < 4.78 is 34.2. The maximum Gasteiger partial charge on any atom is 0.262 e. The van der Waals surface area contributed by atoms with E-state index in [0.29, 0.717) is 51.5 Å². The Bertz CT molecular complexity index is 963. The second-order valence-electron chi connectivity index (χ2n) is 8.32. The Morgan fingerprint density at radius 1 is 1.19 bits per heavy atom. The summed E-state index contributed by atoms with van der Waals surface area (Å²) in [7, 11) is -0.225. The highest BCUT2D eigenvalue weighted by Gasteiger charge is 2.34. The first kappa shape index (κ1) is 24.4. The van der Waals surface area contributed by atoms with Gasteiger partial charge in [0, 0.05) is 52.5 Å². The van der Waals surface area contributed by atoms with E-state index in [0.717, 1.165) is 12.8 Å². The third kappa shape index (κ3) is 5.96. The Hall–Kier alpha value is -2.23. The van der Waals surface area contributed by atoms with Crippen molar-refractivity contribution in [3.8, 4) is 0 Å². The van der Waals surface area contributed by atoms with Crippen LogP contribution in [0.5, 0.6) is 0 Å².